The number of nitrogens with one attached hydrogen (secondary N) is 1. The lowest BCUT2D eigenvalue weighted by Crippen LogP contribution is -2.75. The maximum absolute atomic E-state index is 12.6. The van der Waals surface area contributed by atoms with Crippen LogP contribution >= 0.6 is 28.3 Å². The van der Waals surface area contributed by atoms with Crippen LogP contribution in [0.3, 0.4) is 0 Å². The van der Waals surface area contributed by atoms with Gasteiger partial charge in [-0.15, -0.1) is 12.4 Å². The van der Waals surface area contributed by atoms with Gasteiger partial charge in [-0.3, -0.25) is 4.79 Å². The Kier molecular flexibility index (Phi) is 6.67. The molecular formula is C17H26BrClN2O2. The molecule has 6 heteroatoms. The van der Waals surface area contributed by atoms with Crippen LogP contribution in [0.15, 0.2) is 22.7 Å². The van der Waals surface area contributed by atoms with E-state index in [2.05, 4.69) is 21.2 Å². The first-order chi connectivity index (χ1) is 10.2. The summed E-state index contributed by atoms with van der Waals surface area (Å²) in [6.45, 7) is 9.13. The second kappa shape index (κ2) is 7.51. The highest BCUT2D eigenvalue weighted by molar-refractivity contribution is 9.10. The Balaban J connectivity index is 0.00000264. The normalized spacial score (nSPS) is 25.2. The van der Waals surface area contributed by atoms with Gasteiger partial charge in [0, 0.05) is 29.5 Å². The Morgan fingerprint density at radius 3 is 2.65 bits per heavy atom. The van der Waals surface area contributed by atoms with Gasteiger partial charge in [0.25, 0.3) is 0 Å². The van der Waals surface area contributed by atoms with Gasteiger partial charge in [-0.05, 0) is 37.1 Å². The van der Waals surface area contributed by atoms with Crippen molar-refractivity contribution < 1.29 is 9.53 Å². The van der Waals surface area contributed by atoms with Gasteiger partial charge in [-0.25, -0.2) is 0 Å². The van der Waals surface area contributed by atoms with Gasteiger partial charge in [0.05, 0.1) is 6.10 Å². The Morgan fingerprint density at radius 1 is 1.48 bits per heavy atom. The minimum atomic E-state index is -0.865. The molecule has 0 heterocycles. The second-order valence-electron chi connectivity index (χ2n) is 6.59. The van der Waals surface area contributed by atoms with E-state index in [1.54, 1.807) is 0 Å². The van der Waals surface area contributed by atoms with E-state index in [1.165, 1.54) is 0 Å². The van der Waals surface area contributed by atoms with Crippen molar-refractivity contribution in [3.05, 3.63) is 33.8 Å². The summed E-state index contributed by atoms with van der Waals surface area (Å²) in [5.41, 5.74) is 7.38. The monoisotopic (exact) mass is 404 g/mol. The molecule has 0 aliphatic heterocycles. The Bertz CT molecular complexity index is 580. The van der Waals surface area contributed by atoms with Crippen molar-refractivity contribution in [3.63, 3.8) is 0 Å². The number of carbonyl (C=O) groups is 1. The van der Waals surface area contributed by atoms with Crippen LogP contribution in [0.25, 0.3) is 0 Å². The molecule has 2 atom stereocenters. The van der Waals surface area contributed by atoms with Gasteiger partial charge in [-0.2, -0.15) is 0 Å². The number of hydrogen-bond donors (Lipinski definition) is 2. The summed E-state index contributed by atoms with van der Waals surface area (Å²) < 4.78 is 6.71. The largest absolute Gasteiger partial charge is 0.378 e. The smallest absolute Gasteiger partial charge is 0.241 e. The van der Waals surface area contributed by atoms with Crippen molar-refractivity contribution in [2.45, 2.75) is 52.3 Å². The first kappa shape index (κ1) is 20.4. The van der Waals surface area contributed by atoms with Crippen molar-refractivity contribution in [1.29, 1.82) is 0 Å². The SMILES string of the molecule is CCOC1CC(N)(C(=O)NCc2ccc(Br)cc2C)C1(C)C.Cl. The molecule has 1 aliphatic rings. The molecule has 1 fully saturated rings. The lowest BCUT2D eigenvalue weighted by atomic mass is 9.54. The highest BCUT2D eigenvalue weighted by atomic mass is 79.9. The molecule has 1 saturated carbocycles. The highest BCUT2D eigenvalue weighted by Gasteiger charge is 2.62. The zero-order valence-electron chi connectivity index (χ0n) is 14.1. The maximum Gasteiger partial charge on any atom is 0.241 e. The van der Waals surface area contributed by atoms with Crippen LogP contribution in [0.2, 0.25) is 0 Å². The first-order valence-corrected chi connectivity index (χ1v) is 8.45. The van der Waals surface area contributed by atoms with E-state index in [9.17, 15) is 4.79 Å². The van der Waals surface area contributed by atoms with Crippen LogP contribution in [0.4, 0.5) is 0 Å². The van der Waals surface area contributed by atoms with Gasteiger partial charge in [-0.1, -0.05) is 35.8 Å². The van der Waals surface area contributed by atoms with Crippen molar-refractivity contribution in [3.8, 4) is 0 Å². The molecule has 3 N–H and O–H groups in total. The Hall–Kier alpha value is -0.620. The summed E-state index contributed by atoms with van der Waals surface area (Å²) >= 11 is 3.44. The number of nitrogens with two attached hydrogens (primary N) is 1. The minimum Gasteiger partial charge on any atom is -0.378 e. The lowest BCUT2D eigenvalue weighted by molar-refractivity contribution is -0.170. The summed E-state index contributed by atoms with van der Waals surface area (Å²) in [5, 5.41) is 2.99. The average molecular weight is 406 g/mol. The Morgan fingerprint density at radius 2 is 2.13 bits per heavy atom. The third-order valence-electron chi connectivity index (χ3n) is 4.98. The summed E-state index contributed by atoms with van der Waals surface area (Å²) in [5.74, 6) is -0.101. The number of rotatable bonds is 5. The van der Waals surface area contributed by atoms with Crippen molar-refractivity contribution in [2.75, 3.05) is 6.61 Å². The fourth-order valence-corrected chi connectivity index (χ4v) is 3.49. The third-order valence-corrected chi connectivity index (χ3v) is 5.47. The number of benzene rings is 1. The van der Waals surface area contributed by atoms with Crippen molar-refractivity contribution >= 4 is 34.2 Å². The molecule has 130 valence electrons. The molecule has 1 amide bonds. The van der Waals surface area contributed by atoms with E-state index in [1.807, 2.05) is 45.9 Å². The predicted molar refractivity (Wildman–Crippen MR) is 98.7 cm³/mol. The third kappa shape index (κ3) is 3.73. The van der Waals surface area contributed by atoms with Gasteiger partial charge in [0.2, 0.25) is 5.91 Å². The molecule has 0 bridgehead atoms. The summed E-state index contributed by atoms with van der Waals surface area (Å²) in [6, 6.07) is 6.03. The number of hydrogen-bond acceptors (Lipinski definition) is 3. The first-order valence-electron chi connectivity index (χ1n) is 7.66. The zero-order valence-corrected chi connectivity index (χ0v) is 16.5. The van der Waals surface area contributed by atoms with E-state index in [0.29, 0.717) is 19.6 Å². The quantitative estimate of drug-likeness (QED) is 0.790. The van der Waals surface area contributed by atoms with Gasteiger partial charge in [0.1, 0.15) is 5.54 Å². The zero-order chi connectivity index (χ0) is 16.5. The van der Waals surface area contributed by atoms with Gasteiger partial charge in [0.15, 0.2) is 0 Å². The highest BCUT2D eigenvalue weighted by Crippen LogP contribution is 2.49. The van der Waals surface area contributed by atoms with E-state index < -0.39 is 5.54 Å². The predicted octanol–water partition coefficient (Wildman–Crippen LogP) is 3.33. The molecule has 1 aromatic rings. The van der Waals surface area contributed by atoms with Crippen molar-refractivity contribution in [2.24, 2.45) is 11.1 Å². The number of carbonyl (C=O) groups excluding carboxylic acids is 1. The topological polar surface area (TPSA) is 64.3 Å². The molecule has 1 aliphatic carbocycles. The average Bonchev–Trinajstić information content (AvgIpc) is 2.45. The standard InChI is InChI=1S/C17H25BrN2O2.ClH/c1-5-22-14-9-17(19,16(14,3)4)15(21)20-10-12-6-7-13(18)8-11(12)2;/h6-8,14H,5,9-10,19H2,1-4H3,(H,20,21);1H. The molecule has 2 rings (SSSR count). The second-order valence-corrected chi connectivity index (χ2v) is 7.51. The lowest BCUT2D eigenvalue weighted by Gasteiger charge is -2.57. The molecule has 0 saturated heterocycles. The van der Waals surface area contributed by atoms with Crippen LogP contribution in [-0.2, 0) is 16.1 Å². The van der Waals surface area contributed by atoms with E-state index in [4.69, 9.17) is 10.5 Å². The van der Waals surface area contributed by atoms with Crippen LogP contribution in [-0.4, -0.2) is 24.2 Å². The summed E-state index contributed by atoms with van der Waals surface area (Å²) in [7, 11) is 0. The number of ether oxygens (including phenoxy) is 1. The van der Waals surface area contributed by atoms with Crippen LogP contribution in [0.5, 0.6) is 0 Å². The fraction of sp³-hybridized carbons (Fsp3) is 0.588. The fourth-order valence-electron chi connectivity index (χ4n) is 3.01. The molecule has 2 unspecified atom stereocenters. The molecule has 1 aromatic carbocycles. The summed E-state index contributed by atoms with van der Waals surface area (Å²) in [6.07, 6.45) is 0.613. The number of amides is 1. The van der Waals surface area contributed by atoms with Gasteiger partial charge < -0.3 is 15.8 Å². The maximum atomic E-state index is 12.6. The van der Waals surface area contributed by atoms with Crippen LogP contribution in [0, 0.1) is 12.3 Å². The van der Waals surface area contributed by atoms with Crippen LogP contribution < -0.4 is 11.1 Å². The van der Waals surface area contributed by atoms with E-state index in [0.717, 1.165) is 15.6 Å². The van der Waals surface area contributed by atoms with E-state index >= 15 is 0 Å². The molecular weight excluding hydrogens is 380 g/mol. The molecule has 23 heavy (non-hydrogen) atoms. The van der Waals surface area contributed by atoms with Crippen LogP contribution in [0.1, 0.15) is 38.3 Å². The Labute approximate surface area is 153 Å². The number of halogens is 2. The molecule has 0 spiro atoms. The minimum absolute atomic E-state index is 0. The van der Waals surface area contributed by atoms with E-state index in [-0.39, 0.29) is 29.8 Å². The molecule has 0 radical (unpaired) electrons. The molecule has 4 nitrogen and oxygen atoms in total. The molecule has 0 aromatic heterocycles. The number of aryl methyl sites for hydroxylation is 1. The van der Waals surface area contributed by atoms with Crippen molar-refractivity contribution in [1.82, 2.24) is 5.32 Å². The summed E-state index contributed by atoms with van der Waals surface area (Å²) in [4.78, 5) is 12.6. The van der Waals surface area contributed by atoms with Gasteiger partial charge >= 0.3 is 0 Å².